The van der Waals surface area contributed by atoms with E-state index in [0.29, 0.717) is 75.5 Å². The van der Waals surface area contributed by atoms with E-state index in [2.05, 4.69) is 20.4 Å². The van der Waals surface area contributed by atoms with Gasteiger partial charge in [0.1, 0.15) is 71.4 Å². The van der Waals surface area contributed by atoms with Gasteiger partial charge in [-0.15, -0.1) is 20.4 Å². The second-order valence-corrected chi connectivity index (χ2v) is 13.2. The molecule has 4 aromatic carbocycles. The zero-order valence-electron chi connectivity index (χ0n) is 32.4. The smallest absolute Gasteiger partial charge is 0.401 e. The summed E-state index contributed by atoms with van der Waals surface area (Å²) in [5.74, 6) is -2.92. The molecule has 20 nitrogen and oxygen atoms in total. The first-order valence-corrected chi connectivity index (χ1v) is 19.0. The van der Waals surface area contributed by atoms with Crippen LogP contribution in [0.25, 0.3) is 0 Å². The summed E-state index contributed by atoms with van der Waals surface area (Å²) in [6, 6.07) is 25.3. The van der Waals surface area contributed by atoms with Crippen LogP contribution >= 0.6 is 0 Å². The number of carbonyl (C=O) groups excluding carboxylic acids is 4. The van der Waals surface area contributed by atoms with Gasteiger partial charge in [0.25, 0.3) is 0 Å². The van der Waals surface area contributed by atoms with Crippen molar-refractivity contribution in [3.63, 3.8) is 0 Å². The summed E-state index contributed by atoms with van der Waals surface area (Å²) in [5, 5.41) is 14.3. The van der Waals surface area contributed by atoms with Gasteiger partial charge < -0.3 is 56.2 Å². The molecule has 2 aromatic heterocycles. The van der Waals surface area contributed by atoms with Crippen LogP contribution in [0.4, 0.5) is 0 Å². The van der Waals surface area contributed by atoms with Crippen LogP contribution in [0.15, 0.2) is 106 Å². The fourth-order valence-electron chi connectivity index (χ4n) is 5.09. The molecule has 2 atom stereocenters. The molecule has 0 amide bonds. The molecule has 0 bridgehead atoms. The van der Waals surface area contributed by atoms with Crippen molar-refractivity contribution in [2.75, 3.05) is 39.6 Å². The maximum atomic E-state index is 12.5. The van der Waals surface area contributed by atoms with E-state index < -0.39 is 47.4 Å². The fraction of sp³-hybridized carbons (Fsp3) is 0.238. The Morgan fingerprint density at radius 3 is 0.903 bits per heavy atom. The topological polar surface area (TPSA) is 245 Å². The lowest BCUT2D eigenvalue weighted by Gasteiger charge is -2.09. The van der Waals surface area contributed by atoms with Crippen molar-refractivity contribution in [3.05, 3.63) is 121 Å². The third-order valence-electron chi connectivity index (χ3n) is 8.44. The quantitative estimate of drug-likeness (QED) is 0.0394. The van der Waals surface area contributed by atoms with Crippen molar-refractivity contribution >= 4 is 23.9 Å². The van der Waals surface area contributed by atoms with Crippen LogP contribution < -0.4 is 37.9 Å². The number of hydrogen-bond donors (Lipinski definition) is 0. The minimum atomic E-state index is -0.967. The minimum absolute atomic E-state index is 0.109. The van der Waals surface area contributed by atoms with Crippen LogP contribution in [0.3, 0.4) is 0 Å². The lowest BCUT2D eigenvalue weighted by atomic mass is 10.3. The monoisotopic (exact) mass is 850 g/mol. The SMILES string of the molecule is O=C(Oc1ccc(OCCCCOc2ccc(OC(=O)c3nnc(C(=O)Oc4ccc(OCC5CO5)cc4)o3)cc2)cc1)c1nnc(C(=O)Oc2ccc(OCC3CO3)cc2)o1. The average molecular weight is 851 g/mol. The number of nitrogens with zero attached hydrogens (tertiary/aromatic N) is 4. The molecule has 2 fully saturated rings. The number of unbranched alkanes of at least 4 members (excludes halogenated alkanes) is 1. The van der Waals surface area contributed by atoms with Gasteiger partial charge in [-0.05, 0) is 110 Å². The van der Waals surface area contributed by atoms with Gasteiger partial charge in [0.05, 0.1) is 26.4 Å². The predicted molar refractivity (Wildman–Crippen MR) is 205 cm³/mol. The van der Waals surface area contributed by atoms with E-state index in [0.717, 1.165) is 0 Å². The van der Waals surface area contributed by atoms with E-state index in [-0.39, 0.29) is 35.2 Å². The van der Waals surface area contributed by atoms with E-state index in [1.807, 2.05) is 0 Å². The number of ether oxygens (including phenoxy) is 10. The molecule has 0 saturated carbocycles. The highest BCUT2D eigenvalue weighted by Gasteiger charge is 2.26. The molecular weight excluding hydrogens is 816 g/mol. The zero-order chi connectivity index (χ0) is 42.7. The summed E-state index contributed by atoms with van der Waals surface area (Å²) < 4.78 is 64.1. The molecule has 0 radical (unpaired) electrons. The second kappa shape index (κ2) is 19.5. The standard InChI is InChI=1S/C42H34N4O16/c47-39(35-43-45-37(61-35)41(49)59-31-15-7-27(8-16-31)53-21-33-23-55-33)57-29-11-3-25(4-12-29)51-19-1-2-20-52-26-5-13-30(14-6-26)58-40(48)36-44-46-38(62-36)42(50)60-32-17-9-28(10-18-32)54-22-34-24-56-34/h3-18,33-34H,1-2,19-24H2. The molecule has 2 unspecified atom stereocenters. The Bertz CT molecular complexity index is 2290. The van der Waals surface area contributed by atoms with Gasteiger partial charge in [0.15, 0.2) is 0 Å². The predicted octanol–water partition coefficient (Wildman–Crippen LogP) is 5.12. The summed E-state index contributed by atoms with van der Waals surface area (Å²) in [4.78, 5) is 50.0. The van der Waals surface area contributed by atoms with Gasteiger partial charge >= 0.3 is 47.4 Å². The molecule has 0 aliphatic carbocycles. The summed E-state index contributed by atoms with van der Waals surface area (Å²) in [5.41, 5.74) is 0. The minimum Gasteiger partial charge on any atom is -0.494 e. The summed E-state index contributed by atoms with van der Waals surface area (Å²) >= 11 is 0. The number of aromatic nitrogens is 4. The van der Waals surface area contributed by atoms with E-state index in [9.17, 15) is 19.2 Å². The maximum Gasteiger partial charge on any atom is 0.401 e. The normalized spacial score (nSPS) is 14.8. The van der Waals surface area contributed by atoms with E-state index >= 15 is 0 Å². The second-order valence-electron chi connectivity index (χ2n) is 13.2. The summed E-state index contributed by atoms with van der Waals surface area (Å²) in [6.45, 7) is 3.01. The molecule has 2 saturated heterocycles. The van der Waals surface area contributed by atoms with Gasteiger partial charge in [-0.2, -0.15) is 0 Å². The maximum absolute atomic E-state index is 12.5. The largest absolute Gasteiger partial charge is 0.494 e. The Morgan fingerprint density at radius 1 is 0.403 bits per heavy atom. The van der Waals surface area contributed by atoms with Gasteiger partial charge in [-0.25, -0.2) is 19.2 Å². The zero-order valence-corrected chi connectivity index (χ0v) is 32.4. The number of benzene rings is 4. The Balaban J connectivity index is 0.690. The fourth-order valence-corrected chi connectivity index (χ4v) is 5.09. The first-order chi connectivity index (χ1) is 30.3. The Kier molecular flexibility index (Phi) is 12.9. The van der Waals surface area contributed by atoms with Crippen LogP contribution in [0.2, 0.25) is 0 Å². The molecule has 20 heteroatoms. The molecule has 2 aliphatic rings. The Hall–Kier alpha value is -7.84. The third-order valence-corrected chi connectivity index (χ3v) is 8.44. The summed E-state index contributed by atoms with van der Waals surface area (Å²) in [7, 11) is 0. The first kappa shape index (κ1) is 40.9. The van der Waals surface area contributed by atoms with Crippen LogP contribution in [0, 0.1) is 0 Å². The third kappa shape index (κ3) is 11.9. The first-order valence-electron chi connectivity index (χ1n) is 19.0. The molecule has 318 valence electrons. The van der Waals surface area contributed by atoms with E-state index in [1.54, 1.807) is 48.5 Å². The lowest BCUT2D eigenvalue weighted by molar-refractivity contribution is 0.0646. The highest BCUT2D eigenvalue weighted by atomic mass is 16.6. The molecule has 6 aromatic rings. The van der Waals surface area contributed by atoms with Crippen molar-refractivity contribution in [2.45, 2.75) is 25.0 Å². The van der Waals surface area contributed by atoms with Crippen LogP contribution in [-0.4, -0.2) is 96.1 Å². The molecular formula is C42H34N4O16. The molecule has 2 aliphatic heterocycles. The van der Waals surface area contributed by atoms with Crippen LogP contribution in [0.1, 0.15) is 55.6 Å². The number of esters is 4. The van der Waals surface area contributed by atoms with Crippen LogP contribution in [-0.2, 0) is 9.47 Å². The number of rotatable bonds is 21. The van der Waals surface area contributed by atoms with Gasteiger partial charge in [-0.1, -0.05) is 0 Å². The van der Waals surface area contributed by atoms with Gasteiger partial charge in [0, 0.05) is 0 Å². The van der Waals surface area contributed by atoms with Crippen LogP contribution in [0.5, 0.6) is 46.0 Å². The number of epoxide rings is 2. The Morgan fingerprint density at radius 2 is 0.645 bits per heavy atom. The van der Waals surface area contributed by atoms with Gasteiger partial charge in [0.2, 0.25) is 0 Å². The summed E-state index contributed by atoms with van der Waals surface area (Å²) in [6.07, 6.45) is 1.56. The average Bonchev–Trinajstić information content (AvgIpc) is 4.20. The van der Waals surface area contributed by atoms with Crippen molar-refractivity contribution in [1.29, 1.82) is 0 Å². The number of carbonyl (C=O) groups is 4. The van der Waals surface area contributed by atoms with E-state index in [1.165, 1.54) is 48.5 Å². The Labute approximate surface area is 350 Å². The number of hydrogen-bond acceptors (Lipinski definition) is 20. The van der Waals surface area contributed by atoms with Crippen molar-refractivity contribution in [1.82, 2.24) is 20.4 Å². The highest BCUT2D eigenvalue weighted by molar-refractivity contribution is 5.90. The van der Waals surface area contributed by atoms with Crippen molar-refractivity contribution < 1.29 is 75.4 Å². The highest BCUT2D eigenvalue weighted by Crippen LogP contribution is 2.24. The molecule has 8 rings (SSSR count). The van der Waals surface area contributed by atoms with Gasteiger partial charge in [-0.3, -0.25) is 0 Å². The lowest BCUT2D eigenvalue weighted by Crippen LogP contribution is -2.10. The molecule has 4 heterocycles. The van der Waals surface area contributed by atoms with E-state index in [4.69, 9.17) is 56.2 Å². The van der Waals surface area contributed by atoms with Crippen molar-refractivity contribution in [2.24, 2.45) is 0 Å². The molecule has 0 spiro atoms. The van der Waals surface area contributed by atoms with Crippen molar-refractivity contribution in [3.8, 4) is 46.0 Å². The molecule has 0 N–H and O–H groups in total. The molecule has 62 heavy (non-hydrogen) atoms.